The van der Waals surface area contributed by atoms with Crippen LogP contribution in [0.3, 0.4) is 0 Å². The van der Waals surface area contributed by atoms with Crippen molar-refractivity contribution in [3.63, 3.8) is 0 Å². The zero-order chi connectivity index (χ0) is 21.6. The first-order valence-electron chi connectivity index (χ1n) is 11.0. The maximum atomic E-state index is 9.82. The first-order valence-corrected chi connectivity index (χ1v) is 11.0. The maximum Gasteiger partial charge on any atom is 0.119 e. The summed E-state index contributed by atoms with van der Waals surface area (Å²) in [5.74, 6) is 1.30. The number of benzene rings is 2. The Morgan fingerprint density at radius 3 is 2.61 bits per heavy atom. The molecular weight excluding hydrogens is 388 g/mol. The number of methoxy groups -OCH3 is 1. The number of aryl methyl sites for hydroxylation is 1. The number of unbranched alkanes of at least 4 members (excludes halogenated alkanes) is 3. The van der Waals surface area contributed by atoms with Crippen LogP contribution in [0.25, 0.3) is 22.0 Å². The number of rotatable bonds is 9. The molecule has 6 heteroatoms. The zero-order valence-electron chi connectivity index (χ0n) is 18.2. The highest BCUT2D eigenvalue weighted by atomic mass is 16.5. The van der Waals surface area contributed by atoms with Crippen LogP contribution < -0.4 is 4.74 Å². The van der Waals surface area contributed by atoms with Crippen molar-refractivity contribution in [1.82, 2.24) is 19.9 Å². The molecule has 1 aliphatic rings. The van der Waals surface area contributed by atoms with Gasteiger partial charge in [-0.15, -0.1) is 5.10 Å². The lowest BCUT2D eigenvalue weighted by atomic mass is 10.1. The van der Waals surface area contributed by atoms with Crippen LogP contribution in [0.15, 0.2) is 66.7 Å². The first kappa shape index (κ1) is 21.0. The third-order valence-corrected chi connectivity index (χ3v) is 5.91. The third kappa shape index (κ3) is 5.08. The van der Waals surface area contributed by atoms with Crippen molar-refractivity contribution in [1.29, 1.82) is 0 Å². The summed E-state index contributed by atoms with van der Waals surface area (Å²) < 4.78 is 7.24. The Bertz CT molecular complexity index is 1090. The summed E-state index contributed by atoms with van der Waals surface area (Å²) in [6.07, 6.45) is 12.3. The minimum absolute atomic E-state index is 0.0794. The standard InChI is InChI=1S/C25H30N4O2/c1-19-25(30)8-7-14-28(19)13-5-3-4-6-15-29-18-24(26-27-29)22-10-9-21-17-23(31-2)12-11-20(21)16-22/h7-12,14,16-19,30H,3-6,13,15H2,1-2H3. The second-order valence-corrected chi connectivity index (χ2v) is 8.06. The maximum absolute atomic E-state index is 9.82. The Kier molecular flexibility index (Phi) is 6.55. The van der Waals surface area contributed by atoms with E-state index in [0.29, 0.717) is 5.76 Å². The molecule has 6 nitrogen and oxygen atoms in total. The van der Waals surface area contributed by atoms with Gasteiger partial charge in [-0.3, -0.25) is 4.68 Å². The minimum atomic E-state index is 0.0794. The van der Waals surface area contributed by atoms with Crippen LogP contribution in [0.2, 0.25) is 0 Å². The van der Waals surface area contributed by atoms with E-state index in [1.807, 2.05) is 36.0 Å². The molecular formula is C25H30N4O2. The Morgan fingerprint density at radius 2 is 1.77 bits per heavy atom. The Balaban J connectivity index is 1.24. The van der Waals surface area contributed by atoms with Gasteiger partial charge in [-0.2, -0.15) is 0 Å². The van der Waals surface area contributed by atoms with Crippen molar-refractivity contribution >= 4 is 10.8 Å². The molecule has 0 saturated heterocycles. The molecule has 1 aromatic heterocycles. The molecule has 0 spiro atoms. The number of hydrogen-bond acceptors (Lipinski definition) is 5. The molecule has 0 aliphatic carbocycles. The monoisotopic (exact) mass is 418 g/mol. The molecule has 4 rings (SSSR count). The molecule has 3 aromatic rings. The lowest BCUT2D eigenvalue weighted by Crippen LogP contribution is -2.32. The molecule has 2 heterocycles. The Hall–Kier alpha value is -3.28. The summed E-state index contributed by atoms with van der Waals surface area (Å²) >= 11 is 0. The highest BCUT2D eigenvalue weighted by Gasteiger charge is 2.15. The van der Waals surface area contributed by atoms with Crippen LogP contribution >= 0.6 is 0 Å². The van der Waals surface area contributed by atoms with E-state index in [0.717, 1.165) is 66.6 Å². The highest BCUT2D eigenvalue weighted by molar-refractivity contribution is 5.87. The zero-order valence-corrected chi connectivity index (χ0v) is 18.2. The van der Waals surface area contributed by atoms with E-state index in [2.05, 4.69) is 45.7 Å². The van der Waals surface area contributed by atoms with E-state index in [4.69, 9.17) is 4.74 Å². The van der Waals surface area contributed by atoms with Gasteiger partial charge in [0.2, 0.25) is 0 Å². The fourth-order valence-electron chi connectivity index (χ4n) is 3.93. The van der Waals surface area contributed by atoms with Crippen molar-refractivity contribution in [2.45, 2.75) is 45.2 Å². The highest BCUT2D eigenvalue weighted by Crippen LogP contribution is 2.26. The number of ether oxygens (including phenoxy) is 1. The van der Waals surface area contributed by atoms with Crippen LogP contribution in [-0.2, 0) is 6.54 Å². The smallest absolute Gasteiger partial charge is 0.119 e. The molecule has 0 amide bonds. The number of hydrogen-bond donors (Lipinski definition) is 1. The number of nitrogens with zero attached hydrogens (tertiary/aromatic N) is 4. The van der Waals surface area contributed by atoms with E-state index in [9.17, 15) is 5.11 Å². The fourth-order valence-corrected chi connectivity index (χ4v) is 3.93. The molecule has 31 heavy (non-hydrogen) atoms. The molecule has 0 saturated carbocycles. The van der Waals surface area contributed by atoms with Crippen molar-refractivity contribution < 1.29 is 9.84 Å². The van der Waals surface area contributed by atoms with E-state index < -0.39 is 0 Å². The summed E-state index contributed by atoms with van der Waals surface area (Å²) in [6, 6.07) is 12.5. The molecule has 1 aliphatic heterocycles. The van der Waals surface area contributed by atoms with Crippen LogP contribution in [0.1, 0.15) is 32.6 Å². The van der Waals surface area contributed by atoms with Crippen LogP contribution in [0.4, 0.5) is 0 Å². The summed E-state index contributed by atoms with van der Waals surface area (Å²) in [6.45, 7) is 3.88. The predicted molar refractivity (Wildman–Crippen MR) is 124 cm³/mol. The van der Waals surface area contributed by atoms with E-state index in [1.54, 1.807) is 13.2 Å². The molecule has 162 valence electrons. The van der Waals surface area contributed by atoms with Crippen LogP contribution in [0, 0.1) is 0 Å². The van der Waals surface area contributed by atoms with Crippen LogP contribution in [-0.4, -0.2) is 44.7 Å². The van der Waals surface area contributed by atoms with E-state index in [1.165, 1.54) is 0 Å². The molecule has 1 unspecified atom stereocenters. The van der Waals surface area contributed by atoms with Gasteiger partial charge in [-0.05, 0) is 67.1 Å². The lowest BCUT2D eigenvalue weighted by Gasteiger charge is -2.29. The Morgan fingerprint density at radius 1 is 1.00 bits per heavy atom. The third-order valence-electron chi connectivity index (χ3n) is 5.91. The van der Waals surface area contributed by atoms with Gasteiger partial charge >= 0.3 is 0 Å². The molecule has 0 fully saturated rings. The number of aliphatic hydroxyl groups excluding tert-OH is 1. The topological polar surface area (TPSA) is 63.4 Å². The van der Waals surface area contributed by atoms with Gasteiger partial charge in [0.25, 0.3) is 0 Å². The lowest BCUT2D eigenvalue weighted by molar-refractivity contribution is 0.236. The van der Waals surface area contributed by atoms with Gasteiger partial charge in [0.05, 0.1) is 19.3 Å². The van der Waals surface area contributed by atoms with Gasteiger partial charge in [0, 0.05) is 18.7 Å². The molecule has 2 aromatic carbocycles. The van der Waals surface area contributed by atoms with E-state index >= 15 is 0 Å². The average Bonchev–Trinajstić information content (AvgIpc) is 3.27. The summed E-state index contributed by atoms with van der Waals surface area (Å²) in [7, 11) is 1.68. The first-order chi connectivity index (χ1) is 15.1. The second kappa shape index (κ2) is 9.69. The summed E-state index contributed by atoms with van der Waals surface area (Å²) in [5, 5.41) is 20.8. The molecule has 0 radical (unpaired) electrons. The van der Waals surface area contributed by atoms with Crippen molar-refractivity contribution in [2.24, 2.45) is 0 Å². The van der Waals surface area contributed by atoms with Gasteiger partial charge in [-0.1, -0.05) is 36.3 Å². The van der Waals surface area contributed by atoms with Gasteiger partial charge in [0.15, 0.2) is 0 Å². The molecule has 1 atom stereocenters. The molecule has 0 bridgehead atoms. The quantitative estimate of drug-likeness (QED) is 0.476. The SMILES string of the molecule is COc1ccc2cc(-c3cn(CCCCCCN4C=CC=C(O)C4C)nn3)ccc2c1. The van der Waals surface area contributed by atoms with Gasteiger partial charge < -0.3 is 14.7 Å². The normalized spacial score (nSPS) is 16.0. The van der Waals surface area contributed by atoms with E-state index in [-0.39, 0.29) is 6.04 Å². The van der Waals surface area contributed by atoms with Crippen molar-refractivity contribution in [3.8, 4) is 17.0 Å². The Labute approximate surface area is 183 Å². The number of aliphatic hydroxyl groups is 1. The predicted octanol–water partition coefficient (Wildman–Crippen LogP) is 5.33. The van der Waals surface area contributed by atoms with Gasteiger partial charge in [-0.25, -0.2) is 0 Å². The molecule has 1 N–H and O–H groups in total. The number of fused-ring (bicyclic) bond motifs is 1. The fraction of sp³-hybridized carbons (Fsp3) is 0.360. The summed E-state index contributed by atoms with van der Waals surface area (Å²) in [4.78, 5) is 2.19. The summed E-state index contributed by atoms with van der Waals surface area (Å²) in [5.41, 5.74) is 1.97. The average molecular weight is 419 g/mol. The van der Waals surface area contributed by atoms with Crippen molar-refractivity contribution in [2.75, 3.05) is 13.7 Å². The number of allylic oxidation sites excluding steroid dienone is 2. The van der Waals surface area contributed by atoms with Crippen molar-refractivity contribution in [3.05, 3.63) is 66.7 Å². The van der Waals surface area contributed by atoms with Crippen LogP contribution in [0.5, 0.6) is 5.75 Å². The van der Waals surface area contributed by atoms with Gasteiger partial charge in [0.1, 0.15) is 17.2 Å². The number of aromatic nitrogens is 3. The second-order valence-electron chi connectivity index (χ2n) is 8.06. The minimum Gasteiger partial charge on any atom is -0.510 e. The largest absolute Gasteiger partial charge is 0.510 e.